The summed E-state index contributed by atoms with van der Waals surface area (Å²) in [5.74, 6) is 1.01. The summed E-state index contributed by atoms with van der Waals surface area (Å²) in [4.78, 5) is 21.0. The Kier molecular flexibility index (Phi) is 3.72. The van der Waals surface area contributed by atoms with Crippen LogP contribution in [0.15, 0.2) is 30.6 Å². The molecule has 1 N–H and O–H groups in total. The van der Waals surface area contributed by atoms with Crippen LogP contribution in [0.25, 0.3) is 0 Å². The summed E-state index contributed by atoms with van der Waals surface area (Å²) in [6.45, 7) is 7.28. The van der Waals surface area contributed by atoms with Crippen molar-refractivity contribution in [2.45, 2.75) is 51.6 Å². The van der Waals surface area contributed by atoms with E-state index in [0.717, 1.165) is 30.9 Å². The number of aromatic nitrogens is 3. The summed E-state index contributed by atoms with van der Waals surface area (Å²) in [7, 11) is 0. The largest absolute Gasteiger partial charge is 0.346 e. The van der Waals surface area contributed by atoms with Gasteiger partial charge in [-0.2, -0.15) is 0 Å². The van der Waals surface area contributed by atoms with Crippen LogP contribution < -0.4 is 5.32 Å². The summed E-state index contributed by atoms with van der Waals surface area (Å²) in [6, 6.07) is 5.50. The normalized spacial score (nSPS) is 17.9. The Morgan fingerprint density at radius 3 is 2.86 bits per heavy atom. The molecule has 3 heterocycles. The lowest BCUT2D eigenvalue weighted by Crippen LogP contribution is -2.41. The minimum absolute atomic E-state index is 0.0526. The summed E-state index contributed by atoms with van der Waals surface area (Å²) in [5, 5.41) is 3.07. The van der Waals surface area contributed by atoms with Crippen LogP contribution in [0.4, 0.5) is 0 Å². The Bertz CT molecular complexity index is 670. The van der Waals surface area contributed by atoms with Gasteiger partial charge in [0.15, 0.2) is 0 Å². The maximum absolute atomic E-state index is 12.2. The lowest BCUT2D eigenvalue weighted by atomic mass is 9.93. The van der Waals surface area contributed by atoms with E-state index < -0.39 is 0 Å². The van der Waals surface area contributed by atoms with E-state index in [-0.39, 0.29) is 17.4 Å². The molecule has 3 rings (SSSR count). The number of carbonyl (C=O) groups excluding carboxylic acids is 1. The topological polar surface area (TPSA) is 59.8 Å². The molecule has 5 nitrogen and oxygen atoms in total. The minimum Gasteiger partial charge on any atom is -0.346 e. The monoisotopic (exact) mass is 298 g/mol. The predicted octanol–water partition coefficient (Wildman–Crippen LogP) is 2.32. The molecule has 1 atom stereocenters. The summed E-state index contributed by atoms with van der Waals surface area (Å²) in [6.07, 6.45) is 5.57. The van der Waals surface area contributed by atoms with Gasteiger partial charge in [-0.1, -0.05) is 26.8 Å². The molecular weight excluding hydrogens is 276 g/mol. The van der Waals surface area contributed by atoms with Crippen molar-refractivity contribution in [1.82, 2.24) is 19.9 Å². The Labute approximate surface area is 130 Å². The van der Waals surface area contributed by atoms with Gasteiger partial charge in [0.2, 0.25) is 0 Å². The van der Waals surface area contributed by atoms with Gasteiger partial charge in [-0.15, -0.1) is 0 Å². The second kappa shape index (κ2) is 5.55. The van der Waals surface area contributed by atoms with E-state index in [2.05, 4.69) is 41.8 Å². The van der Waals surface area contributed by atoms with Crippen molar-refractivity contribution < 1.29 is 4.79 Å². The zero-order valence-electron chi connectivity index (χ0n) is 13.3. The van der Waals surface area contributed by atoms with Crippen molar-refractivity contribution >= 4 is 5.91 Å². The molecule has 5 heteroatoms. The first-order chi connectivity index (χ1) is 10.4. The average molecular weight is 298 g/mol. The molecule has 1 unspecified atom stereocenters. The van der Waals surface area contributed by atoms with E-state index in [9.17, 15) is 4.79 Å². The molecule has 0 aliphatic carbocycles. The highest BCUT2D eigenvalue weighted by molar-refractivity contribution is 5.92. The molecule has 2 aromatic heterocycles. The van der Waals surface area contributed by atoms with Crippen molar-refractivity contribution in [3.8, 4) is 0 Å². The minimum atomic E-state index is -0.106. The lowest BCUT2D eigenvalue weighted by Gasteiger charge is -2.24. The fourth-order valence-electron chi connectivity index (χ4n) is 2.68. The molecule has 1 aliphatic heterocycles. The number of nitrogens with zero attached hydrogens (tertiary/aromatic N) is 3. The van der Waals surface area contributed by atoms with Crippen LogP contribution in [-0.4, -0.2) is 26.5 Å². The number of hydrogen-bond acceptors (Lipinski definition) is 3. The van der Waals surface area contributed by atoms with Crippen molar-refractivity contribution in [3.63, 3.8) is 0 Å². The molecule has 116 valence electrons. The van der Waals surface area contributed by atoms with Gasteiger partial charge in [-0.3, -0.25) is 9.78 Å². The van der Waals surface area contributed by atoms with E-state index in [4.69, 9.17) is 4.98 Å². The number of fused-ring (bicyclic) bond motifs is 1. The van der Waals surface area contributed by atoms with E-state index in [1.54, 1.807) is 12.3 Å². The number of carbonyl (C=O) groups is 1. The van der Waals surface area contributed by atoms with Crippen molar-refractivity contribution in [2.24, 2.45) is 0 Å². The van der Waals surface area contributed by atoms with Crippen LogP contribution >= 0.6 is 0 Å². The van der Waals surface area contributed by atoms with E-state index >= 15 is 0 Å². The molecule has 0 radical (unpaired) electrons. The molecule has 0 saturated heterocycles. The Hall–Kier alpha value is -2.17. The fraction of sp³-hybridized carbons (Fsp3) is 0.471. The molecule has 2 aromatic rings. The van der Waals surface area contributed by atoms with Gasteiger partial charge in [-0.25, -0.2) is 4.98 Å². The highest BCUT2D eigenvalue weighted by Gasteiger charge is 2.25. The first kappa shape index (κ1) is 14.8. The van der Waals surface area contributed by atoms with Crippen LogP contribution in [0.1, 0.15) is 49.2 Å². The Morgan fingerprint density at radius 2 is 2.18 bits per heavy atom. The third-order valence-corrected chi connectivity index (χ3v) is 3.99. The number of rotatable bonds is 2. The average Bonchev–Trinajstić information content (AvgIpc) is 2.91. The number of hydrogen-bond donors (Lipinski definition) is 1. The van der Waals surface area contributed by atoms with Gasteiger partial charge in [-0.05, 0) is 18.6 Å². The van der Waals surface area contributed by atoms with Crippen LogP contribution in [0.2, 0.25) is 0 Å². The number of pyridine rings is 1. The second-order valence-electron chi connectivity index (χ2n) is 6.87. The lowest BCUT2D eigenvalue weighted by molar-refractivity contribution is 0.0922. The maximum atomic E-state index is 12.2. The Balaban J connectivity index is 1.69. The standard InChI is InChI=1S/C17H22N4O/c1-17(2,3)14-11-21-10-12(7-8-15(21)20-14)19-16(22)13-6-4-5-9-18-13/h4-6,9,11-12H,7-8,10H2,1-3H3,(H,19,22). The van der Waals surface area contributed by atoms with Crippen molar-refractivity contribution in [1.29, 1.82) is 0 Å². The quantitative estimate of drug-likeness (QED) is 0.925. The summed E-state index contributed by atoms with van der Waals surface area (Å²) >= 11 is 0. The zero-order valence-corrected chi connectivity index (χ0v) is 13.3. The predicted molar refractivity (Wildman–Crippen MR) is 84.7 cm³/mol. The fourth-order valence-corrected chi connectivity index (χ4v) is 2.68. The van der Waals surface area contributed by atoms with Gasteiger partial charge in [0.1, 0.15) is 11.5 Å². The first-order valence-corrected chi connectivity index (χ1v) is 7.72. The Morgan fingerprint density at radius 1 is 1.36 bits per heavy atom. The van der Waals surface area contributed by atoms with Crippen LogP contribution in [0.5, 0.6) is 0 Å². The van der Waals surface area contributed by atoms with Crippen LogP contribution in [-0.2, 0) is 18.4 Å². The first-order valence-electron chi connectivity index (χ1n) is 7.72. The molecule has 1 amide bonds. The van der Waals surface area contributed by atoms with E-state index in [0.29, 0.717) is 5.69 Å². The van der Waals surface area contributed by atoms with Crippen LogP contribution in [0.3, 0.4) is 0 Å². The third-order valence-electron chi connectivity index (χ3n) is 3.99. The zero-order chi connectivity index (χ0) is 15.7. The van der Waals surface area contributed by atoms with Crippen molar-refractivity contribution in [3.05, 3.63) is 47.8 Å². The maximum Gasteiger partial charge on any atom is 0.270 e. The molecular formula is C17H22N4O. The summed E-state index contributed by atoms with van der Waals surface area (Å²) < 4.78 is 2.17. The van der Waals surface area contributed by atoms with Crippen LogP contribution in [0, 0.1) is 0 Å². The van der Waals surface area contributed by atoms with E-state index in [1.807, 2.05) is 12.1 Å². The molecule has 1 aliphatic rings. The number of amides is 1. The van der Waals surface area contributed by atoms with Gasteiger partial charge in [0, 0.05) is 36.8 Å². The summed E-state index contributed by atoms with van der Waals surface area (Å²) in [5.41, 5.74) is 1.63. The molecule has 0 fully saturated rings. The second-order valence-corrected chi connectivity index (χ2v) is 6.87. The third kappa shape index (κ3) is 3.03. The van der Waals surface area contributed by atoms with Gasteiger partial charge in [0.05, 0.1) is 5.69 Å². The van der Waals surface area contributed by atoms with Gasteiger partial charge >= 0.3 is 0 Å². The number of aryl methyl sites for hydroxylation is 1. The van der Waals surface area contributed by atoms with E-state index in [1.165, 1.54) is 0 Å². The highest BCUT2D eigenvalue weighted by atomic mass is 16.1. The molecule has 0 bridgehead atoms. The number of imidazole rings is 1. The number of nitrogens with one attached hydrogen (secondary N) is 1. The van der Waals surface area contributed by atoms with Crippen molar-refractivity contribution in [2.75, 3.05) is 0 Å². The molecule has 22 heavy (non-hydrogen) atoms. The van der Waals surface area contributed by atoms with Gasteiger partial charge < -0.3 is 9.88 Å². The SMILES string of the molecule is CC(C)(C)c1cn2c(n1)CCC(NC(=O)c1ccccn1)C2. The molecule has 0 aromatic carbocycles. The van der Waals surface area contributed by atoms with Gasteiger partial charge in [0.25, 0.3) is 5.91 Å². The highest BCUT2D eigenvalue weighted by Crippen LogP contribution is 2.24. The smallest absolute Gasteiger partial charge is 0.270 e. The molecule has 0 saturated carbocycles. The molecule has 0 spiro atoms.